The first kappa shape index (κ1) is 22.9. The van der Waals surface area contributed by atoms with Gasteiger partial charge >= 0.3 is 0 Å². The zero-order valence-corrected chi connectivity index (χ0v) is 20.2. The Bertz CT molecular complexity index is 967. The summed E-state index contributed by atoms with van der Waals surface area (Å²) in [5.41, 5.74) is 3.09. The highest BCUT2D eigenvalue weighted by atomic mass is 127. The molecule has 0 aliphatic carbocycles. The monoisotopic (exact) mass is 533 g/mol. The molecule has 0 spiro atoms. The van der Waals surface area contributed by atoms with Gasteiger partial charge in [-0.05, 0) is 24.3 Å². The second kappa shape index (κ2) is 11.0. The van der Waals surface area contributed by atoms with E-state index < -0.39 is 0 Å². The number of nitrogens with zero attached hydrogens (tertiary/aromatic N) is 4. The lowest BCUT2D eigenvalue weighted by Crippen LogP contribution is -2.52. The maximum absolute atomic E-state index is 5.48. The molecule has 1 aromatic heterocycles. The van der Waals surface area contributed by atoms with Crippen molar-refractivity contribution in [2.75, 3.05) is 45.2 Å². The number of piperazine rings is 1. The highest BCUT2D eigenvalue weighted by Gasteiger charge is 2.20. The van der Waals surface area contributed by atoms with Gasteiger partial charge in [0.15, 0.2) is 11.7 Å². The van der Waals surface area contributed by atoms with Gasteiger partial charge in [0.05, 0.1) is 13.7 Å². The van der Waals surface area contributed by atoms with E-state index in [1.807, 2.05) is 55.6 Å². The van der Waals surface area contributed by atoms with Gasteiger partial charge in [-0.3, -0.25) is 4.99 Å². The molecule has 0 radical (unpaired) electrons. The molecule has 164 valence electrons. The van der Waals surface area contributed by atoms with Crippen LogP contribution in [0.2, 0.25) is 0 Å². The minimum atomic E-state index is 0. The van der Waals surface area contributed by atoms with Crippen LogP contribution in [0.15, 0.2) is 70.2 Å². The first-order valence-electron chi connectivity index (χ1n) is 10.1. The molecule has 0 atom stereocenters. The highest BCUT2D eigenvalue weighted by molar-refractivity contribution is 14.0. The van der Waals surface area contributed by atoms with Crippen molar-refractivity contribution in [3.8, 4) is 17.1 Å². The first-order valence-corrected chi connectivity index (χ1v) is 10.1. The summed E-state index contributed by atoms with van der Waals surface area (Å²) in [6, 6.07) is 20.2. The van der Waals surface area contributed by atoms with Crippen LogP contribution in [0, 0.1) is 0 Å². The van der Waals surface area contributed by atoms with E-state index in [4.69, 9.17) is 9.26 Å². The number of methoxy groups -OCH3 is 1. The van der Waals surface area contributed by atoms with Crippen molar-refractivity contribution in [1.82, 2.24) is 15.4 Å². The summed E-state index contributed by atoms with van der Waals surface area (Å²) in [4.78, 5) is 9.11. The molecule has 3 aromatic rings. The topological polar surface area (TPSA) is 66.1 Å². The Labute approximate surface area is 200 Å². The molecule has 0 amide bonds. The van der Waals surface area contributed by atoms with Gasteiger partial charge in [-0.25, -0.2) is 0 Å². The average Bonchev–Trinajstić information content (AvgIpc) is 3.30. The fourth-order valence-corrected chi connectivity index (χ4v) is 3.60. The Balaban J connectivity index is 0.00000272. The van der Waals surface area contributed by atoms with Crippen LogP contribution >= 0.6 is 24.0 Å². The van der Waals surface area contributed by atoms with Crippen LogP contribution in [0.1, 0.15) is 5.69 Å². The standard InChI is InChI=1S/C23H27N5O2.HI/c1-24-23(25-17-19-16-22(30-26-19)18-6-4-3-5-7-18)28-14-12-27(13-15-28)20-8-10-21(29-2)11-9-20;/h3-11,16H,12-15,17H2,1-2H3,(H,24,25);1H. The summed E-state index contributed by atoms with van der Waals surface area (Å²) in [7, 11) is 3.50. The lowest BCUT2D eigenvalue weighted by atomic mass is 10.2. The SMILES string of the molecule is CN=C(NCc1cc(-c2ccccc2)on1)N1CCN(c2ccc(OC)cc2)CC1.I. The van der Waals surface area contributed by atoms with Gasteiger partial charge in [0.25, 0.3) is 0 Å². The number of aromatic nitrogens is 1. The fraction of sp³-hybridized carbons (Fsp3) is 0.304. The van der Waals surface area contributed by atoms with Crippen molar-refractivity contribution in [2.45, 2.75) is 6.54 Å². The predicted octanol–water partition coefficient (Wildman–Crippen LogP) is 3.87. The van der Waals surface area contributed by atoms with Crippen molar-refractivity contribution in [3.63, 3.8) is 0 Å². The lowest BCUT2D eigenvalue weighted by Gasteiger charge is -2.37. The van der Waals surface area contributed by atoms with Crippen LogP contribution in [0.3, 0.4) is 0 Å². The summed E-state index contributed by atoms with van der Waals surface area (Å²) < 4.78 is 10.7. The number of nitrogens with one attached hydrogen (secondary N) is 1. The molecule has 2 aromatic carbocycles. The molecule has 7 nitrogen and oxygen atoms in total. The number of guanidine groups is 1. The van der Waals surface area contributed by atoms with E-state index in [-0.39, 0.29) is 24.0 Å². The van der Waals surface area contributed by atoms with Crippen LogP contribution in [0.4, 0.5) is 5.69 Å². The molecule has 0 bridgehead atoms. The van der Waals surface area contributed by atoms with E-state index >= 15 is 0 Å². The molecular formula is C23H28IN5O2. The smallest absolute Gasteiger partial charge is 0.194 e. The van der Waals surface area contributed by atoms with Gasteiger partial charge in [0, 0.05) is 50.5 Å². The molecular weight excluding hydrogens is 505 g/mol. The molecule has 1 fully saturated rings. The second-order valence-corrected chi connectivity index (χ2v) is 7.12. The van der Waals surface area contributed by atoms with Crippen LogP contribution in [-0.4, -0.2) is 56.4 Å². The Morgan fingerprint density at radius 2 is 1.77 bits per heavy atom. The van der Waals surface area contributed by atoms with E-state index in [2.05, 4.69) is 37.4 Å². The van der Waals surface area contributed by atoms with Crippen molar-refractivity contribution in [1.29, 1.82) is 0 Å². The molecule has 1 N–H and O–H groups in total. The largest absolute Gasteiger partial charge is 0.497 e. The summed E-state index contributed by atoms with van der Waals surface area (Å²) >= 11 is 0. The zero-order chi connectivity index (χ0) is 20.8. The maximum atomic E-state index is 5.48. The van der Waals surface area contributed by atoms with E-state index in [1.165, 1.54) is 5.69 Å². The van der Waals surface area contributed by atoms with Crippen molar-refractivity contribution in [2.24, 2.45) is 4.99 Å². The third-order valence-corrected chi connectivity index (χ3v) is 5.27. The van der Waals surface area contributed by atoms with E-state index in [1.54, 1.807) is 7.11 Å². The van der Waals surface area contributed by atoms with Gasteiger partial charge in [0.1, 0.15) is 11.4 Å². The van der Waals surface area contributed by atoms with Gasteiger partial charge in [-0.15, -0.1) is 24.0 Å². The summed E-state index contributed by atoms with van der Waals surface area (Å²) in [6.45, 7) is 4.26. The minimum absolute atomic E-state index is 0. The van der Waals surface area contributed by atoms with Crippen molar-refractivity contribution >= 4 is 35.6 Å². The Hall–Kier alpha value is -2.75. The number of hydrogen-bond acceptors (Lipinski definition) is 5. The number of hydrogen-bond donors (Lipinski definition) is 1. The Kier molecular flexibility index (Phi) is 8.16. The van der Waals surface area contributed by atoms with Gasteiger partial charge < -0.3 is 24.4 Å². The van der Waals surface area contributed by atoms with E-state index in [0.717, 1.165) is 54.9 Å². The number of rotatable bonds is 5. The summed E-state index contributed by atoms with van der Waals surface area (Å²) in [5.74, 6) is 2.54. The summed E-state index contributed by atoms with van der Waals surface area (Å²) in [6.07, 6.45) is 0. The van der Waals surface area contributed by atoms with Crippen LogP contribution in [0.25, 0.3) is 11.3 Å². The molecule has 4 rings (SSSR count). The minimum Gasteiger partial charge on any atom is -0.497 e. The number of anilines is 1. The molecule has 2 heterocycles. The molecule has 1 saturated heterocycles. The van der Waals surface area contributed by atoms with Crippen LogP contribution in [-0.2, 0) is 6.54 Å². The number of ether oxygens (including phenoxy) is 1. The first-order chi connectivity index (χ1) is 14.8. The zero-order valence-electron chi connectivity index (χ0n) is 17.8. The van der Waals surface area contributed by atoms with Gasteiger partial charge in [-0.1, -0.05) is 35.5 Å². The predicted molar refractivity (Wildman–Crippen MR) is 134 cm³/mol. The fourth-order valence-electron chi connectivity index (χ4n) is 3.60. The van der Waals surface area contributed by atoms with Crippen molar-refractivity contribution < 1.29 is 9.26 Å². The van der Waals surface area contributed by atoms with Gasteiger partial charge in [-0.2, -0.15) is 0 Å². The number of benzene rings is 2. The number of aliphatic imine (C=N–C) groups is 1. The maximum Gasteiger partial charge on any atom is 0.194 e. The number of halogens is 1. The lowest BCUT2D eigenvalue weighted by molar-refractivity contribution is 0.370. The van der Waals surface area contributed by atoms with Crippen LogP contribution in [0.5, 0.6) is 5.75 Å². The van der Waals surface area contributed by atoms with E-state index in [0.29, 0.717) is 6.54 Å². The highest BCUT2D eigenvalue weighted by Crippen LogP contribution is 2.21. The third kappa shape index (κ3) is 5.69. The normalized spacial score (nSPS) is 14.2. The van der Waals surface area contributed by atoms with Crippen molar-refractivity contribution in [3.05, 3.63) is 66.4 Å². The molecule has 8 heteroatoms. The molecule has 0 unspecified atom stereocenters. The Morgan fingerprint density at radius 3 is 2.42 bits per heavy atom. The molecule has 31 heavy (non-hydrogen) atoms. The van der Waals surface area contributed by atoms with E-state index in [9.17, 15) is 0 Å². The average molecular weight is 533 g/mol. The Morgan fingerprint density at radius 1 is 1.06 bits per heavy atom. The molecule has 0 saturated carbocycles. The van der Waals surface area contributed by atoms with Gasteiger partial charge in [0.2, 0.25) is 0 Å². The molecule has 1 aliphatic rings. The molecule has 1 aliphatic heterocycles. The third-order valence-electron chi connectivity index (χ3n) is 5.27. The quantitative estimate of drug-likeness (QED) is 0.305. The second-order valence-electron chi connectivity index (χ2n) is 7.12. The van der Waals surface area contributed by atoms with Crippen LogP contribution < -0.4 is 15.0 Å². The summed E-state index contributed by atoms with van der Waals surface area (Å²) in [5, 5.41) is 7.59.